The second kappa shape index (κ2) is 5.57. The highest BCUT2D eigenvalue weighted by Crippen LogP contribution is 2.37. The van der Waals surface area contributed by atoms with Gasteiger partial charge < -0.3 is 10.0 Å². The summed E-state index contributed by atoms with van der Waals surface area (Å²) in [4.78, 5) is 29.4. The van der Waals surface area contributed by atoms with Crippen LogP contribution in [0.3, 0.4) is 0 Å². The van der Waals surface area contributed by atoms with Crippen LogP contribution in [0.1, 0.15) is 45.5 Å². The van der Waals surface area contributed by atoms with Gasteiger partial charge in [0.25, 0.3) is 0 Å². The number of carboxylic acids is 1. The summed E-state index contributed by atoms with van der Waals surface area (Å²) in [5.74, 6) is -1.39. The van der Waals surface area contributed by atoms with Gasteiger partial charge in [0.2, 0.25) is 0 Å². The van der Waals surface area contributed by atoms with Crippen LogP contribution in [0.5, 0.6) is 0 Å². The lowest BCUT2D eigenvalue weighted by atomic mass is 10.3. The molecule has 1 N–H and O–H groups in total. The normalized spacial score (nSPS) is 14.1. The van der Waals surface area contributed by atoms with E-state index in [1.54, 1.807) is 11.3 Å². The van der Waals surface area contributed by atoms with E-state index >= 15 is 0 Å². The minimum absolute atomic E-state index is 0.126. The zero-order valence-corrected chi connectivity index (χ0v) is 13.0. The molecule has 0 spiro atoms. The molecule has 3 rings (SSSR count). The molecule has 0 aliphatic heterocycles. The number of thiophene rings is 1. The maximum absolute atomic E-state index is 11.6. The zero-order valence-electron chi connectivity index (χ0n) is 11.4. The van der Waals surface area contributed by atoms with Crippen molar-refractivity contribution in [3.63, 3.8) is 0 Å². The van der Waals surface area contributed by atoms with Crippen molar-refractivity contribution in [2.45, 2.75) is 32.4 Å². The molecular weight excluding hydrogens is 308 g/mol. The molecule has 0 atom stereocenters. The number of carbonyl (C=O) groups is 2. The van der Waals surface area contributed by atoms with Gasteiger partial charge in [-0.1, -0.05) is 11.3 Å². The first-order valence-electron chi connectivity index (χ1n) is 6.59. The van der Waals surface area contributed by atoms with Gasteiger partial charge in [-0.05, 0) is 35.2 Å². The molecule has 110 valence electrons. The molecule has 1 aliphatic rings. The predicted octanol–water partition coefficient (Wildman–Crippen LogP) is 3.27. The highest BCUT2D eigenvalue weighted by atomic mass is 32.1. The zero-order chi connectivity index (χ0) is 15.0. The Kier molecular flexibility index (Phi) is 3.77. The van der Waals surface area contributed by atoms with E-state index in [4.69, 9.17) is 0 Å². The van der Waals surface area contributed by atoms with Crippen molar-refractivity contribution in [1.82, 2.24) is 4.98 Å². The van der Waals surface area contributed by atoms with E-state index in [0.717, 1.165) is 12.8 Å². The molecule has 2 heterocycles. The number of anilines is 1. The Morgan fingerprint density at radius 1 is 1.48 bits per heavy atom. The van der Waals surface area contributed by atoms with Crippen molar-refractivity contribution in [3.05, 3.63) is 33.0 Å². The van der Waals surface area contributed by atoms with Gasteiger partial charge in [-0.25, -0.2) is 9.78 Å². The molecular formula is C14H14N2O3S2. The maximum Gasteiger partial charge on any atom is 0.356 e. The fourth-order valence-corrected chi connectivity index (χ4v) is 3.82. The summed E-state index contributed by atoms with van der Waals surface area (Å²) >= 11 is 2.82. The molecule has 0 amide bonds. The van der Waals surface area contributed by atoms with Gasteiger partial charge >= 0.3 is 5.97 Å². The van der Waals surface area contributed by atoms with Crippen molar-refractivity contribution in [3.8, 4) is 0 Å². The molecule has 21 heavy (non-hydrogen) atoms. The Balaban J connectivity index is 1.94. The van der Waals surface area contributed by atoms with Gasteiger partial charge in [0.1, 0.15) is 4.88 Å². The summed E-state index contributed by atoms with van der Waals surface area (Å²) < 4.78 is 0. The van der Waals surface area contributed by atoms with Gasteiger partial charge in [-0.15, -0.1) is 0 Å². The Morgan fingerprint density at radius 3 is 2.71 bits per heavy atom. The van der Waals surface area contributed by atoms with Crippen LogP contribution in [0, 0.1) is 0 Å². The number of carbonyl (C=O) groups excluding carboxylic acids is 1. The van der Waals surface area contributed by atoms with E-state index in [0.29, 0.717) is 17.7 Å². The fourth-order valence-electron chi connectivity index (χ4n) is 2.13. The molecule has 0 aromatic carbocycles. The van der Waals surface area contributed by atoms with Crippen molar-refractivity contribution < 1.29 is 14.7 Å². The van der Waals surface area contributed by atoms with E-state index in [1.807, 2.05) is 5.38 Å². The maximum atomic E-state index is 11.6. The molecule has 1 saturated carbocycles. The van der Waals surface area contributed by atoms with Gasteiger partial charge in [-0.3, -0.25) is 4.79 Å². The number of aromatic nitrogens is 1. The molecule has 5 nitrogen and oxygen atoms in total. The van der Waals surface area contributed by atoms with Crippen LogP contribution >= 0.6 is 22.7 Å². The van der Waals surface area contributed by atoms with Crippen LogP contribution in [-0.2, 0) is 6.54 Å². The lowest BCUT2D eigenvalue weighted by Gasteiger charge is -2.20. The molecule has 0 saturated heterocycles. The minimum Gasteiger partial charge on any atom is -0.476 e. The topological polar surface area (TPSA) is 70.5 Å². The summed E-state index contributed by atoms with van der Waals surface area (Å²) in [6, 6.07) is 2.45. The van der Waals surface area contributed by atoms with Gasteiger partial charge in [-0.2, -0.15) is 11.3 Å². The average Bonchev–Trinajstić information content (AvgIpc) is 2.97. The van der Waals surface area contributed by atoms with Crippen LogP contribution in [0.4, 0.5) is 5.13 Å². The standard InChI is InChI=1S/C14H14N2O3S2/c1-8(17)12-11(13(18)19)15-14(21-12)16(10-2-3-10)6-9-4-5-20-7-9/h4-5,7,10H,2-3,6H2,1H3,(H,18,19). The largest absolute Gasteiger partial charge is 0.476 e. The third-order valence-corrected chi connectivity index (χ3v) is 5.23. The van der Waals surface area contributed by atoms with Gasteiger partial charge in [0.05, 0.1) is 0 Å². The van der Waals surface area contributed by atoms with Crippen molar-refractivity contribution >= 4 is 39.6 Å². The lowest BCUT2D eigenvalue weighted by molar-refractivity contribution is 0.0687. The Bertz CT molecular complexity index is 643. The first-order valence-corrected chi connectivity index (χ1v) is 8.35. The number of hydrogen-bond acceptors (Lipinski definition) is 6. The number of thiazole rings is 1. The van der Waals surface area contributed by atoms with E-state index < -0.39 is 5.97 Å². The molecule has 0 bridgehead atoms. The average molecular weight is 322 g/mol. The first kappa shape index (κ1) is 14.2. The van der Waals surface area contributed by atoms with Gasteiger partial charge in [0.15, 0.2) is 16.6 Å². The summed E-state index contributed by atoms with van der Waals surface area (Å²) in [6.45, 7) is 2.09. The highest BCUT2D eigenvalue weighted by molar-refractivity contribution is 7.17. The molecule has 1 fully saturated rings. The van der Waals surface area contributed by atoms with Crippen molar-refractivity contribution in [2.24, 2.45) is 0 Å². The number of ketones is 1. The summed E-state index contributed by atoms with van der Waals surface area (Å²) in [7, 11) is 0. The van der Waals surface area contributed by atoms with E-state index in [-0.39, 0.29) is 16.4 Å². The number of Topliss-reactive ketones (excluding diaryl/α,β-unsaturated/α-hetero) is 1. The Labute approximate surface area is 129 Å². The van der Waals surface area contributed by atoms with Crippen LogP contribution in [-0.4, -0.2) is 27.9 Å². The summed E-state index contributed by atoms with van der Waals surface area (Å²) in [6.07, 6.45) is 2.17. The van der Waals surface area contributed by atoms with E-state index in [2.05, 4.69) is 21.3 Å². The summed E-state index contributed by atoms with van der Waals surface area (Å²) in [5.41, 5.74) is 1.06. The van der Waals surface area contributed by atoms with E-state index in [1.165, 1.54) is 23.8 Å². The quantitative estimate of drug-likeness (QED) is 0.827. The van der Waals surface area contributed by atoms with E-state index in [9.17, 15) is 14.7 Å². The number of hydrogen-bond donors (Lipinski definition) is 1. The summed E-state index contributed by atoms with van der Waals surface area (Å²) in [5, 5.41) is 13.9. The second-order valence-corrected chi connectivity index (χ2v) is 6.78. The van der Waals surface area contributed by atoms with Crippen molar-refractivity contribution in [1.29, 1.82) is 0 Å². The van der Waals surface area contributed by atoms with Crippen LogP contribution < -0.4 is 4.90 Å². The highest BCUT2D eigenvalue weighted by Gasteiger charge is 2.33. The monoisotopic (exact) mass is 322 g/mol. The van der Waals surface area contributed by atoms with Crippen LogP contribution in [0.2, 0.25) is 0 Å². The number of aromatic carboxylic acids is 1. The van der Waals surface area contributed by atoms with Crippen molar-refractivity contribution in [2.75, 3.05) is 4.90 Å². The molecule has 7 heteroatoms. The SMILES string of the molecule is CC(=O)c1sc(N(Cc2ccsc2)C2CC2)nc1C(=O)O. The molecule has 2 aromatic heterocycles. The third-order valence-electron chi connectivity index (χ3n) is 3.30. The predicted molar refractivity (Wildman–Crippen MR) is 82.6 cm³/mol. The minimum atomic E-state index is -1.14. The van der Waals surface area contributed by atoms with Gasteiger partial charge in [0, 0.05) is 19.5 Å². The first-order chi connectivity index (χ1) is 10.1. The third kappa shape index (κ3) is 2.98. The number of nitrogens with zero attached hydrogens (tertiary/aromatic N) is 2. The molecule has 2 aromatic rings. The fraction of sp³-hybridized carbons (Fsp3) is 0.357. The van der Waals surface area contributed by atoms with Crippen LogP contribution in [0.15, 0.2) is 16.8 Å². The molecule has 1 aliphatic carbocycles. The number of carboxylic acid groups (broad SMARTS) is 1. The Hall–Kier alpha value is -1.73. The smallest absolute Gasteiger partial charge is 0.356 e. The second-order valence-electron chi connectivity index (χ2n) is 5.03. The molecule has 0 unspecified atom stereocenters. The molecule has 0 radical (unpaired) electrons. The Morgan fingerprint density at radius 2 is 2.24 bits per heavy atom. The van der Waals surface area contributed by atoms with Crippen LogP contribution in [0.25, 0.3) is 0 Å². The number of rotatable bonds is 6. The lowest BCUT2D eigenvalue weighted by Crippen LogP contribution is -2.24.